The second-order valence-corrected chi connectivity index (χ2v) is 5.33. The largest absolute Gasteiger partial charge is 0.465 e. The molecule has 0 aliphatic rings. The standard InChI is InChI=1S/C16H30O3.Al.3H/c1-5-8-11-16(14(4)17,12-9-6-2)15(18)19-13-10-7-3;;;;/h5-13H2,1-4H3;;;;. The summed E-state index contributed by atoms with van der Waals surface area (Å²) in [6.07, 6.45) is 6.88. The van der Waals surface area contributed by atoms with Crippen molar-refractivity contribution in [1.29, 1.82) is 0 Å². The summed E-state index contributed by atoms with van der Waals surface area (Å²) in [4.78, 5) is 24.4. The summed E-state index contributed by atoms with van der Waals surface area (Å²) in [5.41, 5.74) is -0.889. The van der Waals surface area contributed by atoms with E-state index in [1.807, 2.05) is 0 Å². The van der Waals surface area contributed by atoms with Crippen LogP contribution in [-0.4, -0.2) is 35.7 Å². The Morgan fingerprint density at radius 1 is 0.900 bits per heavy atom. The molecule has 0 unspecified atom stereocenters. The van der Waals surface area contributed by atoms with Gasteiger partial charge in [-0.3, -0.25) is 9.59 Å². The van der Waals surface area contributed by atoms with Crippen molar-refractivity contribution in [1.82, 2.24) is 0 Å². The molecule has 118 valence electrons. The Bertz CT molecular complexity index is 269. The van der Waals surface area contributed by atoms with E-state index < -0.39 is 5.41 Å². The number of rotatable bonds is 11. The van der Waals surface area contributed by atoms with Gasteiger partial charge in [0, 0.05) is 0 Å². The van der Waals surface area contributed by atoms with E-state index >= 15 is 0 Å². The van der Waals surface area contributed by atoms with Gasteiger partial charge in [0.25, 0.3) is 0 Å². The number of ketones is 1. The summed E-state index contributed by atoms with van der Waals surface area (Å²) in [7, 11) is 0. The maximum atomic E-state index is 12.4. The van der Waals surface area contributed by atoms with Gasteiger partial charge < -0.3 is 4.74 Å². The van der Waals surface area contributed by atoms with Crippen LogP contribution in [0.3, 0.4) is 0 Å². The summed E-state index contributed by atoms with van der Waals surface area (Å²) in [5, 5.41) is 0. The maximum absolute atomic E-state index is 12.4. The Labute approximate surface area is 135 Å². The lowest BCUT2D eigenvalue weighted by atomic mass is 9.75. The van der Waals surface area contributed by atoms with Gasteiger partial charge in [0.05, 0.1) is 6.61 Å². The molecule has 0 amide bonds. The number of esters is 1. The Balaban J connectivity index is 0. The minimum Gasteiger partial charge on any atom is -0.465 e. The number of unbranched alkanes of at least 4 members (excludes halogenated alkanes) is 3. The fraction of sp³-hybridized carbons (Fsp3) is 0.875. The quantitative estimate of drug-likeness (QED) is 0.255. The van der Waals surface area contributed by atoms with Crippen molar-refractivity contribution in [2.24, 2.45) is 5.41 Å². The predicted molar refractivity (Wildman–Crippen MR) is 88.0 cm³/mol. The van der Waals surface area contributed by atoms with E-state index in [4.69, 9.17) is 4.74 Å². The number of hydrogen-bond donors (Lipinski definition) is 0. The predicted octanol–water partition coefficient (Wildman–Crippen LogP) is 3.10. The minimum absolute atomic E-state index is 0. The Hall–Kier alpha value is -0.328. The third kappa shape index (κ3) is 6.91. The summed E-state index contributed by atoms with van der Waals surface area (Å²) in [6.45, 7) is 8.18. The van der Waals surface area contributed by atoms with Crippen molar-refractivity contribution >= 4 is 29.1 Å². The van der Waals surface area contributed by atoms with E-state index in [-0.39, 0.29) is 29.1 Å². The maximum Gasteiger partial charge on any atom is 0.319 e. The normalized spacial score (nSPS) is 10.8. The highest BCUT2D eigenvalue weighted by atomic mass is 27.0. The van der Waals surface area contributed by atoms with Crippen LogP contribution in [0.4, 0.5) is 0 Å². The SMILES string of the molecule is CCCCOC(=O)C(CCCC)(CCCC)C(C)=O.[AlH3]. The number of carbonyl (C=O) groups excluding carboxylic acids is 2. The monoisotopic (exact) mass is 300 g/mol. The van der Waals surface area contributed by atoms with E-state index in [2.05, 4.69) is 20.8 Å². The van der Waals surface area contributed by atoms with Crippen LogP contribution in [0.25, 0.3) is 0 Å². The van der Waals surface area contributed by atoms with Gasteiger partial charge in [-0.2, -0.15) is 0 Å². The van der Waals surface area contributed by atoms with Gasteiger partial charge >= 0.3 is 5.97 Å². The molecule has 20 heavy (non-hydrogen) atoms. The van der Waals surface area contributed by atoms with Gasteiger partial charge in [0.2, 0.25) is 0 Å². The second kappa shape index (κ2) is 12.4. The number of Topliss-reactive ketones (excluding diaryl/α,β-unsaturated/α-hetero) is 1. The first-order valence-corrected chi connectivity index (χ1v) is 7.73. The molecule has 4 heteroatoms. The summed E-state index contributed by atoms with van der Waals surface area (Å²) in [5.74, 6) is -0.328. The van der Waals surface area contributed by atoms with Crippen molar-refractivity contribution in [2.45, 2.75) is 79.1 Å². The molecule has 0 heterocycles. The second-order valence-electron chi connectivity index (χ2n) is 5.33. The summed E-state index contributed by atoms with van der Waals surface area (Å²) < 4.78 is 5.34. The van der Waals surface area contributed by atoms with E-state index in [9.17, 15) is 9.59 Å². The van der Waals surface area contributed by atoms with Gasteiger partial charge in [-0.05, 0) is 26.2 Å². The molecule has 0 aliphatic carbocycles. The molecule has 0 saturated heterocycles. The van der Waals surface area contributed by atoms with Gasteiger partial charge in [-0.1, -0.05) is 52.9 Å². The van der Waals surface area contributed by atoms with Crippen molar-refractivity contribution in [2.75, 3.05) is 6.61 Å². The van der Waals surface area contributed by atoms with E-state index in [0.29, 0.717) is 19.4 Å². The fourth-order valence-corrected chi connectivity index (χ4v) is 2.23. The molecule has 0 saturated carbocycles. The molecule has 0 atom stereocenters. The Morgan fingerprint density at radius 2 is 1.35 bits per heavy atom. The average molecular weight is 300 g/mol. The van der Waals surface area contributed by atoms with E-state index in [1.54, 1.807) is 0 Å². The van der Waals surface area contributed by atoms with Crippen molar-refractivity contribution in [3.05, 3.63) is 0 Å². The molecular formula is C16H33AlO3. The molecule has 0 aromatic rings. The zero-order valence-electron chi connectivity index (χ0n) is 13.1. The van der Waals surface area contributed by atoms with Crippen molar-refractivity contribution in [3.8, 4) is 0 Å². The zero-order chi connectivity index (χ0) is 14.7. The van der Waals surface area contributed by atoms with Crippen LogP contribution in [-0.2, 0) is 14.3 Å². The van der Waals surface area contributed by atoms with E-state index in [0.717, 1.165) is 38.5 Å². The lowest BCUT2D eigenvalue weighted by Crippen LogP contribution is -2.39. The Morgan fingerprint density at radius 3 is 1.70 bits per heavy atom. The summed E-state index contributed by atoms with van der Waals surface area (Å²) in [6, 6.07) is 0. The van der Waals surface area contributed by atoms with E-state index in [1.165, 1.54) is 6.92 Å². The first-order chi connectivity index (χ1) is 9.05. The highest BCUT2D eigenvalue weighted by Crippen LogP contribution is 2.34. The molecule has 0 aromatic heterocycles. The lowest BCUT2D eigenvalue weighted by Gasteiger charge is -2.29. The first-order valence-electron chi connectivity index (χ1n) is 7.73. The number of hydrogen-bond acceptors (Lipinski definition) is 3. The molecule has 0 bridgehead atoms. The molecular weight excluding hydrogens is 267 g/mol. The third-order valence-electron chi connectivity index (χ3n) is 3.71. The molecule has 0 fully saturated rings. The molecule has 3 nitrogen and oxygen atoms in total. The topological polar surface area (TPSA) is 43.4 Å². The molecule has 0 N–H and O–H groups in total. The third-order valence-corrected chi connectivity index (χ3v) is 3.71. The van der Waals surface area contributed by atoms with Crippen LogP contribution in [0, 0.1) is 5.41 Å². The van der Waals surface area contributed by atoms with Gasteiger partial charge in [-0.25, -0.2) is 0 Å². The van der Waals surface area contributed by atoms with Crippen LogP contribution < -0.4 is 0 Å². The van der Waals surface area contributed by atoms with Crippen molar-refractivity contribution < 1.29 is 14.3 Å². The van der Waals surface area contributed by atoms with Crippen LogP contribution in [0.2, 0.25) is 0 Å². The molecule has 0 radical (unpaired) electrons. The molecule has 0 spiro atoms. The molecule has 0 aliphatic heterocycles. The molecule has 0 aromatic carbocycles. The minimum atomic E-state index is -0.889. The van der Waals surface area contributed by atoms with Gasteiger partial charge in [0.1, 0.15) is 11.2 Å². The van der Waals surface area contributed by atoms with Crippen LogP contribution in [0.1, 0.15) is 79.1 Å². The number of ether oxygens (including phenoxy) is 1. The highest BCUT2D eigenvalue weighted by Gasteiger charge is 2.43. The Kier molecular flexibility index (Phi) is 13.6. The van der Waals surface area contributed by atoms with Gasteiger partial charge in [0.15, 0.2) is 17.4 Å². The zero-order valence-corrected chi connectivity index (χ0v) is 13.1. The highest BCUT2D eigenvalue weighted by molar-refractivity contribution is 6.02. The fourth-order valence-electron chi connectivity index (χ4n) is 2.23. The lowest BCUT2D eigenvalue weighted by molar-refractivity contribution is -0.161. The van der Waals surface area contributed by atoms with Crippen LogP contribution >= 0.6 is 0 Å². The first kappa shape index (κ1) is 22.0. The van der Waals surface area contributed by atoms with Crippen LogP contribution in [0.5, 0.6) is 0 Å². The molecule has 0 rings (SSSR count). The number of carbonyl (C=O) groups is 2. The van der Waals surface area contributed by atoms with Crippen LogP contribution in [0.15, 0.2) is 0 Å². The van der Waals surface area contributed by atoms with Crippen molar-refractivity contribution in [3.63, 3.8) is 0 Å². The van der Waals surface area contributed by atoms with Gasteiger partial charge in [-0.15, -0.1) is 0 Å². The average Bonchev–Trinajstić information content (AvgIpc) is 2.39. The smallest absolute Gasteiger partial charge is 0.319 e. The summed E-state index contributed by atoms with van der Waals surface area (Å²) >= 11 is 0.